The molecule has 1 heterocycles. The summed E-state index contributed by atoms with van der Waals surface area (Å²) in [4.78, 5) is 10.8. The van der Waals surface area contributed by atoms with Gasteiger partial charge in [-0.05, 0) is 0 Å². The Bertz CT molecular complexity index is 383. The number of carboxylic acids is 1. The largest absolute Gasteiger partial charge is 0.511 e. The van der Waals surface area contributed by atoms with E-state index in [9.17, 15) is 26.4 Å². The van der Waals surface area contributed by atoms with Crippen LogP contribution in [0.15, 0.2) is 0 Å². The van der Waals surface area contributed by atoms with Crippen LogP contribution >= 0.6 is 0 Å². The molecule has 1 unspecified atom stereocenters. The van der Waals surface area contributed by atoms with E-state index in [2.05, 4.69) is 4.74 Å². The molecule has 0 aromatic rings. The second-order valence-corrected chi connectivity index (χ2v) is 4.91. The van der Waals surface area contributed by atoms with E-state index in [1.165, 1.54) is 0 Å². The lowest BCUT2D eigenvalue weighted by atomic mass is 10.0. The highest BCUT2D eigenvalue weighted by molar-refractivity contribution is 7.90. The summed E-state index contributed by atoms with van der Waals surface area (Å²) in [5.41, 5.74) is -7.77. The minimum atomic E-state index is -5.70. The lowest BCUT2D eigenvalue weighted by Crippen LogP contribution is -2.57. The van der Waals surface area contributed by atoms with Crippen LogP contribution in [0.1, 0.15) is 6.42 Å². The Morgan fingerprint density at radius 2 is 2.00 bits per heavy atom. The molecule has 0 bridgehead atoms. The Balaban J connectivity index is 2.99. The van der Waals surface area contributed by atoms with Crippen LogP contribution < -0.4 is 4.72 Å². The predicted molar refractivity (Wildman–Crippen MR) is 43.9 cm³/mol. The van der Waals surface area contributed by atoms with Crippen LogP contribution in [0.25, 0.3) is 0 Å². The number of aliphatic carboxylic acids is 1. The average molecular weight is 263 g/mol. The molecule has 1 aliphatic heterocycles. The molecular formula is C6H8F3NO5S. The van der Waals surface area contributed by atoms with E-state index in [4.69, 9.17) is 5.11 Å². The number of carbonyl (C=O) groups is 1. The maximum absolute atomic E-state index is 12.0. The number of alkyl halides is 3. The van der Waals surface area contributed by atoms with Crippen LogP contribution in [-0.2, 0) is 19.6 Å². The number of hydrogen-bond donors (Lipinski definition) is 2. The summed E-state index contributed by atoms with van der Waals surface area (Å²) in [6.45, 7) is -0.746. The Kier molecular flexibility index (Phi) is 3.18. The van der Waals surface area contributed by atoms with Crippen molar-refractivity contribution in [1.82, 2.24) is 4.72 Å². The van der Waals surface area contributed by atoms with Crippen molar-refractivity contribution < 1.29 is 36.2 Å². The zero-order chi connectivity index (χ0) is 12.6. The molecule has 0 spiro atoms. The van der Waals surface area contributed by atoms with Crippen LogP contribution in [0.2, 0.25) is 0 Å². The minimum Gasteiger partial charge on any atom is -0.480 e. The lowest BCUT2D eigenvalue weighted by Gasteiger charge is -2.23. The van der Waals surface area contributed by atoms with Crippen molar-refractivity contribution in [3.05, 3.63) is 0 Å². The monoisotopic (exact) mass is 263 g/mol. The maximum Gasteiger partial charge on any atom is 0.511 e. The quantitative estimate of drug-likeness (QED) is 0.727. The smallest absolute Gasteiger partial charge is 0.480 e. The Labute approximate surface area is 88.4 Å². The normalized spacial score (nSPS) is 26.9. The molecule has 1 atom stereocenters. The maximum atomic E-state index is 12.0. The van der Waals surface area contributed by atoms with E-state index < -0.39 is 33.6 Å². The first-order valence-corrected chi connectivity index (χ1v) is 5.50. The summed E-state index contributed by atoms with van der Waals surface area (Å²) >= 11 is 0. The minimum absolute atomic E-state index is 0.118. The molecule has 0 saturated carbocycles. The van der Waals surface area contributed by atoms with Crippen LogP contribution in [0.3, 0.4) is 0 Å². The van der Waals surface area contributed by atoms with Gasteiger partial charge < -0.3 is 9.84 Å². The van der Waals surface area contributed by atoms with Gasteiger partial charge in [-0.3, -0.25) is 4.79 Å². The summed E-state index contributed by atoms with van der Waals surface area (Å²) in [5, 5.41) is 8.72. The first kappa shape index (κ1) is 13.2. The average Bonchev–Trinajstić information content (AvgIpc) is 2.50. The number of rotatable bonds is 3. The topological polar surface area (TPSA) is 92.7 Å². The van der Waals surface area contributed by atoms with Crippen LogP contribution in [-0.4, -0.2) is 43.8 Å². The summed E-state index contributed by atoms with van der Waals surface area (Å²) in [6, 6.07) is 0. The lowest BCUT2D eigenvalue weighted by molar-refractivity contribution is -0.144. The molecule has 0 radical (unpaired) electrons. The molecule has 1 aliphatic rings. The van der Waals surface area contributed by atoms with E-state index in [0.29, 0.717) is 0 Å². The molecule has 1 fully saturated rings. The highest BCUT2D eigenvalue weighted by atomic mass is 32.2. The first-order chi connectivity index (χ1) is 7.11. The fourth-order valence-corrected chi connectivity index (χ4v) is 2.05. The van der Waals surface area contributed by atoms with Gasteiger partial charge in [0.2, 0.25) is 0 Å². The van der Waals surface area contributed by atoms with Gasteiger partial charge in [0.15, 0.2) is 5.54 Å². The molecule has 0 aliphatic carbocycles. The van der Waals surface area contributed by atoms with Gasteiger partial charge in [-0.25, -0.2) is 8.42 Å². The number of carboxylic acid groups (broad SMARTS) is 1. The van der Waals surface area contributed by atoms with E-state index in [0.717, 1.165) is 4.72 Å². The van der Waals surface area contributed by atoms with Gasteiger partial charge in [-0.15, -0.1) is 0 Å². The third-order valence-corrected chi connectivity index (χ3v) is 3.33. The molecule has 0 aromatic carbocycles. The molecule has 2 N–H and O–H groups in total. The zero-order valence-corrected chi connectivity index (χ0v) is 8.56. The van der Waals surface area contributed by atoms with Gasteiger partial charge in [0.05, 0.1) is 6.61 Å². The summed E-state index contributed by atoms with van der Waals surface area (Å²) in [6.07, 6.45) is -0.350. The predicted octanol–water partition coefficient (Wildman–Crippen LogP) is -0.331. The van der Waals surface area contributed by atoms with Crippen LogP contribution in [0.4, 0.5) is 13.2 Å². The second kappa shape index (κ2) is 3.86. The Hall–Kier alpha value is -0.870. The summed E-state index contributed by atoms with van der Waals surface area (Å²) in [5.74, 6) is -1.70. The van der Waals surface area contributed by atoms with Crippen LogP contribution in [0, 0.1) is 0 Å². The standard InChI is InChI=1S/C6H8F3NO5S/c7-6(8,9)16(13,14)10-5(4(11)12)1-2-15-3-5/h10H,1-3H2,(H,11,12). The molecule has 16 heavy (non-hydrogen) atoms. The SMILES string of the molecule is O=C(O)C1(NS(=O)(=O)C(F)(F)F)CCOC1. The van der Waals surface area contributed by atoms with E-state index in [1.807, 2.05) is 0 Å². The van der Waals surface area contributed by atoms with Gasteiger partial charge in [0.1, 0.15) is 0 Å². The fraction of sp³-hybridized carbons (Fsp3) is 0.833. The van der Waals surface area contributed by atoms with Crippen molar-refractivity contribution in [3.8, 4) is 0 Å². The van der Waals surface area contributed by atoms with Crippen molar-refractivity contribution in [3.63, 3.8) is 0 Å². The molecular weight excluding hydrogens is 255 g/mol. The van der Waals surface area contributed by atoms with Crippen molar-refractivity contribution in [2.75, 3.05) is 13.2 Å². The van der Waals surface area contributed by atoms with Gasteiger partial charge in [0, 0.05) is 13.0 Å². The summed E-state index contributed by atoms with van der Waals surface area (Å²) < 4.78 is 63.4. The number of halogens is 3. The number of ether oxygens (including phenoxy) is 1. The Morgan fingerprint density at radius 3 is 2.31 bits per heavy atom. The Morgan fingerprint density at radius 1 is 1.44 bits per heavy atom. The van der Waals surface area contributed by atoms with Gasteiger partial charge in [-0.2, -0.15) is 17.9 Å². The van der Waals surface area contributed by atoms with E-state index in [1.54, 1.807) is 0 Å². The van der Waals surface area contributed by atoms with Crippen molar-refractivity contribution >= 4 is 16.0 Å². The molecule has 6 nitrogen and oxygen atoms in total. The molecule has 1 saturated heterocycles. The highest BCUT2D eigenvalue weighted by Crippen LogP contribution is 2.27. The second-order valence-electron chi connectivity index (χ2n) is 3.24. The van der Waals surface area contributed by atoms with Crippen molar-refractivity contribution in [2.45, 2.75) is 17.5 Å². The van der Waals surface area contributed by atoms with Crippen molar-refractivity contribution in [2.24, 2.45) is 0 Å². The fourth-order valence-electron chi connectivity index (χ4n) is 1.17. The number of sulfonamides is 1. The van der Waals surface area contributed by atoms with E-state index in [-0.39, 0.29) is 13.0 Å². The molecule has 1 rings (SSSR count). The molecule has 94 valence electrons. The van der Waals surface area contributed by atoms with E-state index >= 15 is 0 Å². The molecule has 0 aromatic heterocycles. The first-order valence-electron chi connectivity index (χ1n) is 4.02. The number of nitrogens with one attached hydrogen (secondary N) is 1. The van der Waals surface area contributed by atoms with Crippen LogP contribution in [0.5, 0.6) is 0 Å². The summed E-state index contributed by atoms with van der Waals surface area (Å²) in [7, 11) is -5.70. The van der Waals surface area contributed by atoms with Gasteiger partial charge >= 0.3 is 21.5 Å². The van der Waals surface area contributed by atoms with Gasteiger partial charge in [-0.1, -0.05) is 0 Å². The molecule has 0 amide bonds. The van der Waals surface area contributed by atoms with Crippen molar-refractivity contribution in [1.29, 1.82) is 0 Å². The third-order valence-electron chi connectivity index (χ3n) is 2.07. The highest BCUT2D eigenvalue weighted by Gasteiger charge is 2.54. The molecule has 10 heteroatoms. The van der Waals surface area contributed by atoms with Gasteiger partial charge in [0.25, 0.3) is 0 Å². The number of hydrogen-bond acceptors (Lipinski definition) is 4. The zero-order valence-electron chi connectivity index (χ0n) is 7.74. The third kappa shape index (κ3) is 2.28.